The molecule has 0 fully saturated rings. The molecule has 107 heavy (non-hydrogen) atoms. The van der Waals surface area contributed by atoms with Crippen molar-refractivity contribution in [3.05, 3.63) is 358 Å². The number of fused-ring (bicyclic) bond motifs is 15. The minimum absolute atomic E-state index is 0.540. The van der Waals surface area contributed by atoms with Crippen molar-refractivity contribution in [3.8, 4) is 102 Å². The van der Waals surface area contributed by atoms with E-state index < -0.39 is 0 Å². The number of thiophene rings is 1. The smallest absolute Gasteiger partial charge is 0.238 e. The first-order valence-corrected chi connectivity index (χ1v) is 36.9. The lowest BCUT2D eigenvalue weighted by Crippen LogP contribution is -2.06. The number of aromatic nitrogens is 9. The van der Waals surface area contributed by atoms with Crippen LogP contribution in [0.2, 0.25) is 0 Å². The van der Waals surface area contributed by atoms with E-state index in [0.717, 1.165) is 133 Å². The van der Waals surface area contributed by atoms with Crippen LogP contribution in [0.1, 0.15) is 0 Å². The fourth-order valence-corrected chi connectivity index (χ4v) is 17.8. The molecule has 0 N–H and O–H groups in total. The van der Waals surface area contributed by atoms with Gasteiger partial charge in [-0.3, -0.25) is 9.13 Å². The van der Waals surface area contributed by atoms with Crippen LogP contribution in [0.4, 0.5) is 0 Å². The Morgan fingerprint density at radius 2 is 0.589 bits per heavy atom. The molecule has 0 spiro atoms. The van der Waals surface area contributed by atoms with Gasteiger partial charge in [0, 0.05) is 97.5 Å². The van der Waals surface area contributed by atoms with Crippen LogP contribution in [0.3, 0.4) is 0 Å². The lowest BCUT2D eigenvalue weighted by atomic mass is 10.0. The summed E-state index contributed by atoms with van der Waals surface area (Å²) in [4.78, 5) is 26.4. The van der Waals surface area contributed by atoms with Gasteiger partial charge in [-0.15, -0.1) is 11.3 Å². The first-order chi connectivity index (χ1) is 53.0. The Labute approximate surface area is 617 Å². The number of para-hydroxylation sites is 5. The zero-order chi connectivity index (χ0) is 70.2. The van der Waals surface area contributed by atoms with Crippen molar-refractivity contribution in [1.82, 2.24) is 43.2 Å². The third-order valence-corrected chi connectivity index (χ3v) is 22.8. The van der Waals surface area contributed by atoms with Crippen LogP contribution in [0.25, 0.3) is 209 Å². The second-order valence-electron chi connectivity index (χ2n) is 27.5. The van der Waals surface area contributed by atoms with E-state index in [0.29, 0.717) is 23.5 Å². The minimum Gasteiger partial charge on any atom is -0.309 e. The topological polar surface area (TPSA) is 84.2 Å². The first-order valence-electron chi connectivity index (χ1n) is 36.1. The molecule has 0 saturated heterocycles. The average molecular weight is 1380 g/mol. The van der Waals surface area contributed by atoms with E-state index in [9.17, 15) is 0 Å². The Hall–Kier alpha value is -14.2. The first kappa shape index (κ1) is 60.4. The highest BCUT2D eigenvalue weighted by molar-refractivity contribution is 7.26. The van der Waals surface area contributed by atoms with Crippen LogP contribution in [-0.2, 0) is 0 Å². The van der Waals surface area contributed by atoms with Crippen LogP contribution in [-0.4, -0.2) is 43.2 Å². The van der Waals surface area contributed by atoms with Crippen molar-refractivity contribution < 1.29 is 0 Å². The molecule has 0 aliphatic carbocycles. The maximum atomic E-state index is 5.42. The van der Waals surface area contributed by atoms with Crippen molar-refractivity contribution in [2.75, 3.05) is 0 Å². The van der Waals surface area contributed by atoms with Crippen molar-refractivity contribution in [3.63, 3.8) is 0 Å². The molecule has 7 aromatic heterocycles. The van der Waals surface area contributed by atoms with Gasteiger partial charge in [-0.1, -0.05) is 237 Å². The van der Waals surface area contributed by atoms with E-state index in [2.05, 4.69) is 358 Å². The monoisotopic (exact) mass is 1380 g/mol. The van der Waals surface area contributed by atoms with E-state index in [1.807, 2.05) is 29.7 Å². The molecule has 0 unspecified atom stereocenters. The lowest BCUT2D eigenvalue weighted by molar-refractivity contribution is 0.953. The fourth-order valence-electron chi connectivity index (χ4n) is 16.5. The summed E-state index contributed by atoms with van der Waals surface area (Å²) in [6.45, 7) is 0. The average Bonchev–Trinajstić information content (AvgIpc) is 1.60. The van der Waals surface area contributed by atoms with Crippen LogP contribution in [0.5, 0.6) is 0 Å². The minimum atomic E-state index is 0.540. The largest absolute Gasteiger partial charge is 0.309 e. The summed E-state index contributed by atoms with van der Waals surface area (Å²) < 4.78 is 11.7. The summed E-state index contributed by atoms with van der Waals surface area (Å²) in [5, 5.41) is 11.9. The van der Waals surface area contributed by atoms with Gasteiger partial charge in [0.05, 0.1) is 49.8 Å². The highest BCUT2D eigenvalue weighted by atomic mass is 32.1. The number of nitrogens with zero attached hydrogens (tertiary/aromatic N) is 9. The zero-order valence-corrected chi connectivity index (χ0v) is 58.3. The van der Waals surface area contributed by atoms with Gasteiger partial charge in [-0.25, -0.2) is 15.0 Å². The Morgan fingerprint density at radius 3 is 1.15 bits per heavy atom. The van der Waals surface area contributed by atoms with Crippen molar-refractivity contribution in [1.29, 1.82) is 0 Å². The maximum Gasteiger partial charge on any atom is 0.238 e. The van der Waals surface area contributed by atoms with Crippen LogP contribution >= 0.6 is 11.3 Å². The summed E-state index contributed by atoms with van der Waals surface area (Å²) in [6.07, 6.45) is 1.89. The second kappa shape index (κ2) is 24.2. The standard InChI is InChI=1S/C97H59N9S/c1-3-19-60(20-4-1)64-21-17-22-69(55-64)95-100-94(101-97(102-95)106-87-35-15-10-28-75(87)82-59-68(46-52-91(82)106)65-43-49-88-79(56-65)72-25-7-12-32-84(72)103(88)70-23-5-2-6-24-70)63-39-37-61(38-40-63)62-41-47-71(48-42-62)104-85-33-13-8-26-73(85)80-57-66(44-50-89(80)104)67-45-51-90-81(58-67)74-27-9-14-34-86(74)105(90)96-98-54-53-83(99-96)78-31-18-30-77-76-29-11-16-36-92(76)107-93(77)78/h1-59H. The molecule has 0 amide bonds. The fraction of sp³-hybridized carbons (Fsp3) is 0. The normalized spacial score (nSPS) is 11.9. The van der Waals surface area contributed by atoms with Crippen LogP contribution in [0.15, 0.2) is 358 Å². The summed E-state index contributed by atoms with van der Waals surface area (Å²) in [7, 11) is 0. The molecule has 22 rings (SSSR count). The third kappa shape index (κ3) is 9.81. The van der Waals surface area contributed by atoms with Gasteiger partial charge in [0.2, 0.25) is 11.9 Å². The van der Waals surface area contributed by atoms with Crippen LogP contribution < -0.4 is 0 Å². The van der Waals surface area contributed by atoms with E-state index in [-0.39, 0.29) is 0 Å². The van der Waals surface area contributed by atoms with Gasteiger partial charge in [0.15, 0.2) is 11.6 Å². The number of rotatable bonds is 11. The molecule has 0 atom stereocenters. The number of hydrogen-bond donors (Lipinski definition) is 0. The molecule has 0 bridgehead atoms. The molecular weight excluding hydrogens is 1320 g/mol. The van der Waals surface area contributed by atoms with E-state index in [1.165, 1.54) is 52.8 Å². The molecule has 10 heteroatoms. The van der Waals surface area contributed by atoms with E-state index >= 15 is 0 Å². The maximum absolute atomic E-state index is 5.42. The SMILES string of the molecule is c1ccc(-c2cccc(-c3nc(-c4ccc(-c5ccc(-n6c7ccccc7c7cc(-c8ccc9c(c8)c8ccccc8n9-c8nccc(-c9cccc%10c9sc9ccccc9%10)n8)ccc76)cc5)cc4)nc(-n4c5ccccc5c5cc(-c6ccc7c(c6)c6ccccc6n7-c6ccccc6)ccc54)n3)c2)cc1. The molecule has 7 heterocycles. The number of benzene rings is 15. The highest BCUT2D eigenvalue weighted by Gasteiger charge is 2.23. The Morgan fingerprint density at radius 1 is 0.215 bits per heavy atom. The third-order valence-electron chi connectivity index (χ3n) is 21.5. The summed E-state index contributed by atoms with van der Waals surface area (Å²) in [5.74, 6) is 2.35. The molecule has 9 nitrogen and oxygen atoms in total. The summed E-state index contributed by atoms with van der Waals surface area (Å²) in [5.41, 5.74) is 23.7. The van der Waals surface area contributed by atoms with Gasteiger partial charge in [0.25, 0.3) is 0 Å². The molecule has 15 aromatic carbocycles. The van der Waals surface area contributed by atoms with Gasteiger partial charge in [-0.05, 0) is 160 Å². The molecule has 498 valence electrons. The zero-order valence-electron chi connectivity index (χ0n) is 57.5. The van der Waals surface area contributed by atoms with Gasteiger partial charge in [0.1, 0.15) is 0 Å². The predicted octanol–water partition coefficient (Wildman–Crippen LogP) is 25.1. The molecule has 0 aliphatic rings. The molecule has 0 aliphatic heterocycles. The van der Waals surface area contributed by atoms with Crippen molar-refractivity contribution >= 4 is 119 Å². The molecular formula is C97H59N9S. The van der Waals surface area contributed by atoms with Gasteiger partial charge >= 0.3 is 0 Å². The predicted molar refractivity (Wildman–Crippen MR) is 444 cm³/mol. The van der Waals surface area contributed by atoms with Crippen molar-refractivity contribution in [2.45, 2.75) is 0 Å². The van der Waals surface area contributed by atoms with Gasteiger partial charge in [-0.2, -0.15) is 9.97 Å². The quantitative estimate of drug-likeness (QED) is 0.129. The number of hydrogen-bond acceptors (Lipinski definition) is 6. The van der Waals surface area contributed by atoms with E-state index in [4.69, 9.17) is 24.9 Å². The lowest BCUT2D eigenvalue weighted by Gasteiger charge is -2.12. The molecule has 0 saturated carbocycles. The Balaban J connectivity index is 0.595. The van der Waals surface area contributed by atoms with Crippen LogP contribution in [0, 0.1) is 0 Å². The summed E-state index contributed by atoms with van der Waals surface area (Å²) >= 11 is 1.82. The van der Waals surface area contributed by atoms with E-state index in [1.54, 1.807) is 0 Å². The highest BCUT2D eigenvalue weighted by Crippen LogP contribution is 2.44. The molecule has 22 aromatic rings. The summed E-state index contributed by atoms with van der Waals surface area (Å²) in [6, 6.07) is 126. The second-order valence-corrected chi connectivity index (χ2v) is 28.6. The Bertz CT molecular complexity index is 7370. The Kier molecular flexibility index (Phi) is 13.7. The van der Waals surface area contributed by atoms with Crippen molar-refractivity contribution in [2.24, 2.45) is 0 Å². The molecule has 0 radical (unpaired) electrons. The van der Waals surface area contributed by atoms with Gasteiger partial charge < -0.3 is 9.13 Å².